The molecule has 0 aliphatic carbocycles. The summed E-state index contributed by atoms with van der Waals surface area (Å²) in [5.74, 6) is 0.711. The molecule has 0 radical (unpaired) electrons. The van der Waals surface area contributed by atoms with Gasteiger partial charge in [-0.2, -0.15) is 0 Å². The largest absolute Gasteiger partial charge is 0.494 e. The molecule has 0 atom stereocenters. The number of benzene rings is 2. The molecule has 0 saturated carbocycles. The van der Waals surface area contributed by atoms with Crippen molar-refractivity contribution < 1.29 is 23.8 Å². The molecule has 160 valence electrons. The Bertz CT molecular complexity index is 908. The minimum atomic E-state index is -0.944. The van der Waals surface area contributed by atoms with Crippen LogP contribution in [0, 0.1) is 5.82 Å². The summed E-state index contributed by atoms with van der Waals surface area (Å²) in [7, 11) is 0. The Morgan fingerprint density at radius 3 is 2.53 bits per heavy atom. The highest BCUT2D eigenvalue weighted by molar-refractivity contribution is 5.94. The molecule has 0 unspecified atom stereocenters. The van der Waals surface area contributed by atoms with Gasteiger partial charge in [0.05, 0.1) is 12.3 Å². The van der Waals surface area contributed by atoms with Crippen LogP contribution in [0.4, 0.5) is 15.8 Å². The van der Waals surface area contributed by atoms with Gasteiger partial charge in [-0.1, -0.05) is 0 Å². The Kier molecular flexibility index (Phi) is 5.81. The number of aliphatic hydroxyl groups is 1. The third kappa shape index (κ3) is 4.36. The normalized spacial score (nSPS) is 17.8. The number of ether oxygens (including phenoxy) is 2. The number of hydrogen-bond acceptors (Lipinski definition) is 5. The van der Waals surface area contributed by atoms with Crippen LogP contribution >= 0.6 is 0 Å². The number of rotatable bonds is 6. The molecule has 0 bridgehead atoms. The number of carbonyl (C=O) groups is 1. The lowest BCUT2D eigenvalue weighted by molar-refractivity contribution is -0.116. The van der Waals surface area contributed by atoms with E-state index in [4.69, 9.17) is 9.47 Å². The SMILES string of the molecule is CCOc1ccc(N2CCC(O)(COc3ccc(F)c4c3CCC(=O)N4)CC2)cc1. The minimum Gasteiger partial charge on any atom is -0.494 e. The van der Waals surface area contributed by atoms with E-state index in [1.54, 1.807) is 6.07 Å². The number of anilines is 2. The van der Waals surface area contributed by atoms with Crippen LogP contribution in [-0.2, 0) is 11.2 Å². The first-order chi connectivity index (χ1) is 14.5. The summed E-state index contributed by atoms with van der Waals surface area (Å²) in [6.45, 7) is 4.16. The zero-order valence-electron chi connectivity index (χ0n) is 17.1. The predicted octanol–water partition coefficient (Wildman–Crippen LogP) is 3.52. The Labute approximate surface area is 175 Å². The van der Waals surface area contributed by atoms with Gasteiger partial charge in [-0.25, -0.2) is 4.39 Å². The first-order valence-corrected chi connectivity index (χ1v) is 10.4. The van der Waals surface area contributed by atoms with Gasteiger partial charge in [0.1, 0.15) is 29.5 Å². The lowest BCUT2D eigenvalue weighted by atomic mass is 9.92. The average Bonchev–Trinajstić information content (AvgIpc) is 2.75. The molecule has 2 aliphatic heterocycles. The van der Waals surface area contributed by atoms with E-state index >= 15 is 0 Å². The molecule has 2 aromatic carbocycles. The maximum atomic E-state index is 14.0. The van der Waals surface area contributed by atoms with Gasteiger partial charge in [0.25, 0.3) is 0 Å². The van der Waals surface area contributed by atoms with Crippen molar-refractivity contribution in [2.24, 2.45) is 0 Å². The van der Waals surface area contributed by atoms with Crippen LogP contribution in [0.2, 0.25) is 0 Å². The third-order valence-electron chi connectivity index (χ3n) is 5.79. The van der Waals surface area contributed by atoms with E-state index < -0.39 is 11.4 Å². The Morgan fingerprint density at radius 1 is 1.10 bits per heavy atom. The molecule has 1 saturated heterocycles. The summed E-state index contributed by atoms with van der Waals surface area (Å²) in [6.07, 6.45) is 1.87. The summed E-state index contributed by atoms with van der Waals surface area (Å²) < 4.78 is 25.4. The van der Waals surface area contributed by atoms with Crippen molar-refractivity contribution in [1.29, 1.82) is 0 Å². The van der Waals surface area contributed by atoms with E-state index in [9.17, 15) is 14.3 Å². The van der Waals surface area contributed by atoms with Crippen molar-refractivity contribution >= 4 is 17.3 Å². The molecule has 30 heavy (non-hydrogen) atoms. The van der Waals surface area contributed by atoms with Crippen LogP contribution in [0.3, 0.4) is 0 Å². The second kappa shape index (κ2) is 8.52. The van der Waals surface area contributed by atoms with Crippen molar-refractivity contribution in [3.05, 3.63) is 47.8 Å². The predicted molar refractivity (Wildman–Crippen MR) is 113 cm³/mol. The summed E-state index contributed by atoms with van der Waals surface area (Å²) in [6, 6.07) is 10.8. The van der Waals surface area contributed by atoms with Crippen molar-refractivity contribution in [1.82, 2.24) is 0 Å². The number of halogens is 1. The van der Waals surface area contributed by atoms with E-state index in [-0.39, 0.29) is 18.2 Å². The highest BCUT2D eigenvalue weighted by atomic mass is 19.1. The fourth-order valence-electron chi connectivity index (χ4n) is 4.02. The maximum Gasteiger partial charge on any atom is 0.224 e. The Hall–Kier alpha value is -2.80. The van der Waals surface area contributed by atoms with Crippen LogP contribution in [0.5, 0.6) is 11.5 Å². The summed E-state index contributed by atoms with van der Waals surface area (Å²) in [4.78, 5) is 13.8. The standard InChI is InChI=1S/C23H27FN2O4/c1-2-29-17-5-3-16(4-6-17)26-13-11-23(28,12-14-26)15-30-20-9-8-19(24)22-18(20)7-10-21(27)25-22/h3-6,8-9,28H,2,7,10-15H2,1H3,(H,25,27). The van der Waals surface area contributed by atoms with Gasteiger partial charge in [0.2, 0.25) is 5.91 Å². The highest BCUT2D eigenvalue weighted by Gasteiger charge is 2.34. The van der Waals surface area contributed by atoms with Gasteiger partial charge < -0.3 is 24.8 Å². The van der Waals surface area contributed by atoms with Crippen molar-refractivity contribution in [2.75, 3.05) is 36.5 Å². The van der Waals surface area contributed by atoms with E-state index in [2.05, 4.69) is 10.2 Å². The van der Waals surface area contributed by atoms with Crippen LogP contribution in [0.1, 0.15) is 31.7 Å². The topological polar surface area (TPSA) is 71.0 Å². The number of carbonyl (C=O) groups excluding carboxylic acids is 1. The Balaban J connectivity index is 1.37. The quantitative estimate of drug-likeness (QED) is 0.757. The number of nitrogens with zero attached hydrogens (tertiary/aromatic N) is 1. The van der Waals surface area contributed by atoms with Gasteiger partial charge in [0, 0.05) is 30.8 Å². The summed E-state index contributed by atoms with van der Waals surface area (Å²) in [5.41, 5.74) is 1.01. The zero-order valence-corrected chi connectivity index (χ0v) is 17.1. The second-order valence-corrected chi connectivity index (χ2v) is 7.87. The van der Waals surface area contributed by atoms with Gasteiger partial charge in [-0.05, 0) is 62.6 Å². The van der Waals surface area contributed by atoms with Crippen molar-refractivity contribution in [2.45, 2.75) is 38.2 Å². The van der Waals surface area contributed by atoms with Crippen LogP contribution in [0.15, 0.2) is 36.4 Å². The zero-order chi connectivity index (χ0) is 21.1. The lowest BCUT2D eigenvalue weighted by Crippen LogP contribution is -2.48. The van der Waals surface area contributed by atoms with Gasteiger partial charge in [-0.3, -0.25) is 4.79 Å². The van der Waals surface area contributed by atoms with E-state index in [1.165, 1.54) is 6.07 Å². The molecule has 6 nitrogen and oxygen atoms in total. The number of nitrogens with one attached hydrogen (secondary N) is 1. The number of fused-ring (bicyclic) bond motifs is 1. The highest BCUT2D eigenvalue weighted by Crippen LogP contribution is 2.35. The lowest BCUT2D eigenvalue weighted by Gasteiger charge is -2.39. The molecule has 2 aromatic rings. The Morgan fingerprint density at radius 2 is 1.83 bits per heavy atom. The van der Waals surface area contributed by atoms with Crippen LogP contribution in [-0.4, -0.2) is 42.9 Å². The summed E-state index contributed by atoms with van der Waals surface area (Å²) >= 11 is 0. The monoisotopic (exact) mass is 414 g/mol. The molecular formula is C23H27FN2O4. The van der Waals surface area contributed by atoms with Crippen molar-refractivity contribution in [3.8, 4) is 11.5 Å². The van der Waals surface area contributed by atoms with Crippen molar-refractivity contribution in [3.63, 3.8) is 0 Å². The molecule has 7 heteroatoms. The van der Waals surface area contributed by atoms with E-state index in [0.717, 1.165) is 11.4 Å². The molecule has 0 spiro atoms. The van der Waals surface area contributed by atoms with Crippen LogP contribution < -0.4 is 19.7 Å². The number of hydrogen-bond donors (Lipinski definition) is 2. The smallest absolute Gasteiger partial charge is 0.224 e. The van der Waals surface area contributed by atoms with E-state index in [1.807, 2.05) is 31.2 Å². The van der Waals surface area contributed by atoms with Gasteiger partial charge in [-0.15, -0.1) is 0 Å². The number of amides is 1. The first-order valence-electron chi connectivity index (χ1n) is 10.4. The fourth-order valence-corrected chi connectivity index (χ4v) is 4.02. The number of piperidine rings is 1. The summed E-state index contributed by atoms with van der Waals surface area (Å²) in [5, 5.41) is 13.6. The van der Waals surface area contributed by atoms with Gasteiger partial charge in [0.15, 0.2) is 0 Å². The molecule has 2 aliphatic rings. The molecule has 0 aromatic heterocycles. The van der Waals surface area contributed by atoms with Crippen LogP contribution in [0.25, 0.3) is 0 Å². The third-order valence-corrected chi connectivity index (χ3v) is 5.79. The second-order valence-electron chi connectivity index (χ2n) is 7.87. The fraction of sp³-hybridized carbons (Fsp3) is 0.435. The molecular weight excluding hydrogens is 387 g/mol. The minimum absolute atomic E-state index is 0.135. The van der Waals surface area contributed by atoms with E-state index in [0.29, 0.717) is 56.7 Å². The maximum absolute atomic E-state index is 14.0. The first kappa shape index (κ1) is 20.5. The molecule has 2 N–H and O–H groups in total. The molecule has 2 heterocycles. The molecule has 1 amide bonds. The molecule has 1 fully saturated rings. The average molecular weight is 414 g/mol. The van der Waals surface area contributed by atoms with Gasteiger partial charge >= 0.3 is 0 Å². The molecule has 4 rings (SSSR count).